The summed E-state index contributed by atoms with van der Waals surface area (Å²) in [7, 11) is 2.09. The second-order valence-electron chi connectivity index (χ2n) is 4.88. The molecule has 1 aromatic carbocycles. The topological polar surface area (TPSA) is 55.0 Å². The van der Waals surface area contributed by atoms with Crippen LogP contribution in [0.5, 0.6) is 0 Å². The number of nitrogen functional groups attached to an aromatic ring is 1. The molecule has 0 radical (unpaired) electrons. The lowest BCUT2D eigenvalue weighted by atomic mass is 10.00. The minimum atomic E-state index is -0.296. The smallest absolute Gasteiger partial charge is 0.220 e. The van der Waals surface area contributed by atoms with Crippen molar-refractivity contribution in [1.29, 1.82) is 0 Å². The van der Waals surface area contributed by atoms with E-state index in [1.54, 1.807) is 6.07 Å². The summed E-state index contributed by atoms with van der Waals surface area (Å²) < 4.78 is 13.2. The first kappa shape index (κ1) is 11.3. The summed E-state index contributed by atoms with van der Waals surface area (Å²) in [5.74, 6) is 0.279. The fraction of sp³-hybridized carbons (Fsp3) is 0.385. The van der Waals surface area contributed by atoms with E-state index >= 15 is 0 Å². The maximum absolute atomic E-state index is 13.2. The normalized spacial score (nSPS) is 20.7. The van der Waals surface area contributed by atoms with Gasteiger partial charge in [-0.1, -0.05) is 0 Å². The SMILES string of the molecule is CN1CCC(c2nc(N)nc3cc(F)ccc23)C1. The van der Waals surface area contributed by atoms with Gasteiger partial charge < -0.3 is 10.6 Å². The quantitative estimate of drug-likeness (QED) is 0.833. The van der Waals surface area contributed by atoms with Crippen LogP contribution in [0.15, 0.2) is 18.2 Å². The first-order chi connectivity index (χ1) is 8.63. The predicted octanol–water partition coefficient (Wildman–Crippen LogP) is 1.77. The highest BCUT2D eigenvalue weighted by Crippen LogP contribution is 2.30. The number of benzene rings is 1. The van der Waals surface area contributed by atoms with Crippen LogP contribution in [0.2, 0.25) is 0 Å². The summed E-state index contributed by atoms with van der Waals surface area (Å²) in [6.07, 6.45) is 1.05. The number of hydrogen-bond donors (Lipinski definition) is 1. The molecule has 1 aliphatic rings. The minimum absolute atomic E-state index is 0.220. The van der Waals surface area contributed by atoms with Gasteiger partial charge in [-0.3, -0.25) is 0 Å². The Labute approximate surface area is 105 Å². The molecule has 94 valence electrons. The van der Waals surface area contributed by atoms with Gasteiger partial charge in [0.05, 0.1) is 11.2 Å². The maximum atomic E-state index is 13.2. The molecule has 0 spiro atoms. The molecular weight excluding hydrogens is 231 g/mol. The van der Waals surface area contributed by atoms with E-state index in [1.807, 2.05) is 0 Å². The Morgan fingerprint density at radius 1 is 1.39 bits per heavy atom. The summed E-state index contributed by atoms with van der Waals surface area (Å²) >= 11 is 0. The van der Waals surface area contributed by atoms with Crippen LogP contribution in [0, 0.1) is 5.82 Å². The van der Waals surface area contributed by atoms with Gasteiger partial charge in [-0.25, -0.2) is 14.4 Å². The molecule has 3 rings (SSSR count). The number of likely N-dealkylation sites (tertiary alicyclic amines) is 1. The number of nitrogens with two attached hydrogens (primary N) is 1. The van der Waals surface area contributed by atoms with Gasteiger partial charge in [0.2, 0.25) is 5.95 Å². The number of nitrogens with zero attached hydrogens (tertiary/aromatic N) is 3. The van der Waals surface area contributed by atoms with Crippen molar-refractivity contribution in [2.75, 3.05) is 25.9 Å². The van der Waals surface area contributed by atoms with Gasteiger partial charge in [-0.2, -0.15) is 0 Å². The molecule has 4 nitrogen and oxygen atoms in total. The van der Waals surface area contributed by atoms with Gasteiger partial charge in [-0.05, 0) is 32.1 Å². The van der Waals surface area contributed by atoms with Crippen molar-refractivity contribution in [3.05, 3.63) is 29.7 Å². The molecular formula is C13H15FN4. The highest BCUT2D eigenvalue weighted by atomic mass is 19.1. The second-order valence-corrected chi connectivity index (χ2v) is 4.88. The summed E-state index contributed by atoms with van der Waals surface area (Å²) in [6.45, 7) is 2.01. The van der Waals surface area contributed by atoms with Gasteiger partial charge in [0, 0.05) is 23.9 Å². The van der Waals surface area contributed by atoms with Crippen LogP contribution in [0.1, 0.15) is 18.0 Å². The van der Waals surface area contributed by atoms with E-state index in [1.165, 1.54) is 12.1 Å². The Balaban J connectivity index is 2.15. The molecule has 2 N–H and O–H groups in total. The second kappa shape index (κ2) is 4.17. The van der Waals surface area contributed by atoms with E-state index < -0.39 is 0 Å². The standard InChI is InChI=1S/C13H15FN4/c1-18-5-4-8(7-18)12-10-3-2-9(14)6-11(10)16-13(15)17-12/h2-3,6,8H,4-5,7H2,1H3,(H2,15,16,17). The van der Waals surface area contributed by atoms with Crippen LogP contribution in [-0.2, 0) is 0 Å². The molecule has 1 aromatic heterocycles. The minimum Gasteiger partial charge on any atom is -0.368 e. The lowest BCUT2D eigenvalue weighted by Gasteiger charge is -2.13. The lowest BCUT2D eigenvalue weighted by molar-refractivity contribution is 0.411. The highest BCUT2D eigenvalue weighted by molar-refractivity contribution is 5.82. The fourth-order valence-electron chi connectivity index (χ4n) is 2.62. The molecule has 0 amide bonds. The first-order valence-corrected chi connectivity index (χ1v) is 6.04. The third-order valence-corrected chi connectivity index (χ3v) is 3.48. The van der Waals surface area contributed by atoms with Crippen LogP contribution in [0.3, 0.4) is 0 Å². The molecule has 0 saturated carbocycles. The lowest BCUT2D eigenvalue weighted by Crippen LogP contribution is -2.14. The molecule has 1 saturated heterocycles. The van der Waals surface area contributed by atoms with E-state index in [9.17, 15) is 4.39 Å². The largest absolute Gasteiger partial charge is 0.368 e. The summed E-state index contributed by atoms with van der Waals surface area (Å²) in [5.41, 5.74) is 7.25. The summed E-state index contributed by atoms with van der Waals surface area (Å²) in [6, 6.07) is 4.61. The first-order valence-electron chi connectivity index (χ1n) is 6.04. The van der Waals surface area contributed by atoms with Gasteiger partial charge in [0.15, 0.2) is 0 Å². The fourth-order valence-corrected chi connectivity index (χ4v) is 2.62. The average Bonchev–Trinajstić information content (AvgIpc) is 2.74. The van der Waals surface area contributed by atoms with Gasteiger partial charge >= 0.3 is 0 Å². The predicted molar refractivity (Wildman–Crippen MR) is 68.8 cm³/mol. The number of halogens is 1. The highest BCUT2D eigenvalue weighted by Gasteiger charge is 2.24. The Hall–Kier alpha value is -1.75. The molecule has 1 unspecified atom stereocenters. The molecule has 2 heterocycles. The molecule has 1 atom stereocenters. The number of aromatic nitrogens is 2. The van der Waals surface area contributed by atoms with Gasteiger partial charge in [0.1, 0.15) is 5.82 Å². The zero-order chi connectivity index (χ0) is 12.7. The third kappa shape index (κ3) is 1.90. The number of anilines is 1. The van der Waals surface area contributed by atoms with Crippen molar-refractivity contribution in [2.24, 2.45) is 0 Å². The van der Waals surface area contributed by atoms with Crippen molar-refractivity contribution < 1.29 is 4.39 Å². The van der Waals surface area contributed by atoms with E-state index in [0.29, 0.717) is 11.4 Å². The Bertz CT molecular complexity index is 594. The van der Waals surface area contributed by atoms with Crippen LogP contribution >= 0.6 is 0 Å². The van der Waals surface area contributed by atoms with Crippen LogP contribution < -0.4 is 5.73 Å². The van der Waals surface area contributed by atoms with Crippen molar-refractivity contribution in [2.45, 2.75) is 12.3 Å². The summed E-state index contributed by atoms with van der Waals surface area (Å²) in [5, 5.41) is 0.908. The zero-order valence-corrected chi connectivity index (χ0v) is 10.2. The monoisotopic (exact) mass is 246 g/mol. The third-order valence-electron chi connectivity index (χ3n) is 3.48. The average molecular weight is 246 g/mol. The van der Waals surface area contributed by atoms with Crippen molar-refractivity contribution in [3.63, 3.8) is 0 Å². The van der Waals surface area contributed by atoms with E-state index in [4.69, 9.17) is 5.73 Å². The summed E-state index contributed by atoms with van der Waals surface area (Å²) in [4.78, 5) is 10.7. The van der Waals surface area contributed by atoms with Crippen LogP contribution in [-0.4, -0.2) is 35.0 Å². The molecule has 18 heavy (non-hydrogen) atoms. The molecule has 5 heteroatoms. The van der Waals surface area contributed by atoms with Crippen LogP contribution in [0.4, 0.5) is 10.3 Å². The molecule has 1 aliphatic heterocycles. The maximum Gasteiger partial charge on any atom is 0.220 e. The number of likely N-dealkylation sites (N-methyl/N-ethyl adjacent to an activating group) is 1. The number of rotatable bonds is 1. The van der Waals surface area contributed by atoms with E-state index in [2.05, 4.69) is 21.9 Å². The van der Waals surface area contributed by atoms with Crippen molar-refractivity contribution in [3.8, 4) is 0 Å². The van der Waals surface area contributed by atoms with Crippen molar-refractivity contribution >= 4 is 16.9 Å². The Morgan fingerprint density at radius 3 is 2.94 bits per heavy atom. The van der Waals surface area contributed by atoms with Crippen molar-refractivity contribution in [1.82, 2.24) is 14.9 Å². The zero-order valence-electron chi connectivity index (χ0n) is 10.2. The van der Waals surface area contributed by atoms with E-state index in [0.717, 1.165) is 30.6 Å². The molecule has 0 bridgehead atoms. The number of hydrogen-bond acceptors (Lipinski definition) is 4. The van der Waals surface area contributed by atoms with Crippen LogP contribution in [0.25, 0.3) is 10.9 Å². The Kier molecular flexibility index (Phi) is 2.63. The van der Waals surface area contributed by atoms with Gasteiger partial charge in [0.25, 0.3) is 0 Å². The van der Waals surface area contributed by atoms with Gasteiger partial charge in [-0.15, -0.1) is 0 Å². The number of fused-ring (bicyclic) bond motifs is 1. The molecule has 1 fully saturated rings. The Morgan fingerprint density at radius 2 is 2.22 bits per heavy atom. The van der Waals surface area contributed by atoms with E-state index in [-0.39, 0.29) is 11.8 Å². The molecule has 0 aliphatic carbocycles. The molecule has 2 aromatic rings.